The van der Waals surface area contributed by atoms with Gasteiger partial charge in [0, 0.05) is 37.5 Å². The van der Waals surface area contributed by atoms with Crippen molar-refractivity contribution in [2.75, 3.05) is 6.54 Å². The molecule has 2 aromatic rings. The molecule has 1 N–H and O–H groups in total. The maximum atomic E-state index is 6.34. The molecule has 2 rings (SSSR count). The van der Waals surface area contributed by atoms with E-state index in [0.717, 1.165) is 35.8 Å². The molecule has 0 aliphatic heterocycles. The summed E-state index contributed by atoms with van der Waals surface area (Å²) in [4.78, 5) is 0. The van der Waals surface area contributed by atoms with Crippen LogP contribution in [0.1, 0.15) is 36.2 Å². The van der Waals surface area contributed by atoms with Crippen molar-refractivity contribution < 1.29 is 0 Å². The van der Waals surface area contributed by atoms with Crippen LogP contribution in [-0.4, -0.2) is 26.1 Å². The number of aryl methyl sites for hydroxylation is 3. The molecule has 1 atom stereocenters. The lowest BCUT2D eigenvalue weighted by molar-refractivity contribution is 0.528. The molecule has 0 aliphatic rings. The van der Waals surface area contributed by atoms with E-state index < -0.39 is 0 Å². The lowest BCUT2D eigenvalue weighted by atomic mass is 10.0. The number of halogens is 1. The van der Waals surface area contributed by atoms with Gasteiger partial charge in [-0.15, -0.1) is 0 Å². The van der Waals surface area contributed by atoms with Crippen LogP contribution in [0.5, 0.6) is 0 Å². The van der Waals surface area contributed by atoms with E-state index in [1.807, 2.05) is 38.1 Å². The Morgan fingerprint density at radius 1 is 1.40 bits per heavy atom. The number of hydrogen-bond acceptors (Lipinski definition) is 3. The van der Waals surface area contributed by atoms with Crippen molar-refractivity contribution in [1.29, 1.82) is 0 Å². The van der Waals surface area contributed by atoms with Gasteiger partial charge < -0.3 is 5.32 Å². The highest BCUT2D eigenvalue weighted by Crippen LogP contribution is 2.25. The van der Waals surface area contributed by atoms with Crippen LogP contribution in [0.2, 0.25) is 5.15 Å². The second kappa shape index (κ2) is 6.41. The number of aromatic nitrogens is 4. The molecule has 2 aromatic heterocycles. The molecule has 6 heteroatoms. The molecule has 0 aromatic carbocycles. The van der Waals surface area contributed by atoms with Crippen molar-refractivity contribution in [3.8, 4) is 0 Å². The van der Waals surface area contributed by atoms with Crippen molar-refractivity contribution in [2.45, 2.75) is 32.7 Å². The Bertz CT molecular complexity index is 572. The van der Waals surface area contributed by atoms with Crippen molar-refractivity contribution in [3.63, 3.8) is 0 Å². The van der Waals surface area contributed by atoms with Crippen LogP contribution < -0.4 is 5.32 Å². The molecule has 0 amide bonds. The summed E-state index contributed by atoms with van der Waals surface area (Å²) in [6, 6.07) is 0.212. The highest BCUT2D eigenvalue weighted by atomic mass is 35.5. The van der Waals surface area contributed by atoms with Crippen LogP contribution in [0, 0.1) is 6.92 Å². The molecule has 110 valence electrons. The Kier molecular flexibility index (Phi) is 4.83. The fraction of sp³-hybridized carbons (Fsp3) is 0.571. The van der Waals surface area contributed by atoms with E-state index in [2.05, 4.69) is 22.4 Å². The summed E-state index contributed by atoms with van der Waals surface area (Å²) in [7, 11) is 3.81. The Morgan fingerprint density at radius 2 is 2.15 bits per heavy atom. The normalized spacial score (nSPS) is 12.8. The Labute approximate surface area is 124 Å². The summed E-state index contributed by atoms with van der Waals surface area (Å²) in [6.45, 7) is 5.13. The lowest BCUT2D eigenvalue weighted by Gasteiger charge is -2.17. The number of nitrogens with one attached hydrogen (secondary N) is 1. The molecule has 0 fully saturated rings. The number of rotatable bonds is 6. The van der Waals surface area contributed by atoms with E-state index in [1.54, 1.807) is 4.68 Å². The summed E-state index contributed by atoms with van der Waals surface area (Å²) < 4.78 is 3.56. The van der Waals surface area contributed by atoms with Crippen LogP contribution in [-0.2, 0) is 20.5 Å². The fourth-order valence-corrected chi connectivity index (χ4v) is 2.61. The number of hydrogen-bond donors (Lipinski definition) is 1. The molecule has 2 heterocycles. The van der Waals surface area contributed by atoms with Crippen molar-refractivity contribution in [3.05, 3.63) is 34.4 Å². The standard InChI is InChI=1S/C14H22ClN5/c1-5-6-16-13(11-8-17-19(3)9-11)7-12-10(2)18-20(4)14(12)15/h8-9,13,16H,5-7H2,1-4H3. The molecule has 20 heavy (non-hydrogen) atoms. The van der Waals surface area contributed by atoms with Crippen molar-refractivity contribution in [2.24, 2.45) is 14.1 Å². The van der Waals surface area contributed by atoms with Crippen molar-refractivity contribution >= 4 is 11.6 Å². The van der Waals surface area contributed by atoms with Crippen LogP contribution >= 0.6 is 11.6 Å². The summed E-state index contributed by atoms with van der Waals surface area (Å²) in [5, 5.41) is 12.9. The molecule has 0 bridgehead atoms. The Hall–Kier alpha value is -1.33. The quantitative estimate of drug-likeness (QED) is 0.890. The molecule has 0 saturated heterocycles. The predicted molar refractivity (Wildman–Crippen MR) is 80.9 cm³/mol. The fourth-order valence-electron chi connectivity index (χ4n) is 2.36. The van der Waals surface area contributed by atoms with Gasteiger partial charge in [-0.2, -0.15) is 10.2 Å². The van der Waals surface area contributed by atoms with Crippen LogP contribution in [0.15, 0.2) is 12.4 Å². The second-order valence-corrected chi connectivity index (χ2v) is 5.49. The largest absolute Gasteiger partial charge is 0.310 e. The van der Waals surface area contributed by atoms with E-state index in [9.17, 15) is 0 Å². The average Bonchev–Trinajstić information content (AvgIpc) is 2.93. The highest BCUT2D eigenvalue weighted by Gasteiger charge is 2.19. The molecule has 0 saturated carbocycles. The van der Waals surface area contributed by atoms with Gasteiger partial charge in [-0.05, 0) is 26.3 Å². The molecule has 0 aliphatic carbocycles. The monoisotopic (exact) mass is 295 g/mol. The third kappa shape index (κ3) is 3.22. The van der Waals surface area contributed by atoms with Gasteiger partial charge in [0.05, 0.1) is 11.9 Å². The zero-order chi connectivity index (χ0) is 14.7. The van der Waals surface area contributed by atoms with Gasteiger partial charge in [-0.1, -0.05) is 18.5 Å². The smallest absolute Gasteiger partial charge is 0.130 e. The van der Waals surface area contributed by atoms with E-state index >= 15 is 0 Å². The molecule has 0 spiro atoms. The first-order valence-corrected chi connectivity index (χ1v) is 7.30. The van der Waals surface area contributed by atoms with Gasteiger partial charge in [0.1, 0.15) is 5.15 Å². The van der Waals surface area contributed by atoms with Gasteiger partial charge in [0.15, 0.2) is 0 Å². The van der Waals surface area contributed by atoms with E-state index in [0.29, 0.717) is 0 Å². The Balaban J connectivity index is 2.23. The summed E-state index contributed by atoms with van der Waals surface area (Å²) >= 11 is 6.34. The van der Waals surface area contributed by atoms with Crippen LogP contribution in [0.4, 0.5) is 0 Å². The molecule has 0 radical (unpaired) electrons. The first kappa shape index (κ1) is 15.1. The molecular formula is C14H22ClN5. The third-order valence-corrected chi connectivity index (χ3v) is 3.92. The minimum atomic E-state index is 0.212. The predicted octanol–water partition coefficient (Wildman–Crippen LogP) is 2.40. The van der Waals surface area contributed by atoms with E-state index in [1.165, 1.54) is 5.56 Å². The lowest BCUT2D eigenvalue weighted by Crippen LogP contribution is -2.24. The maximum Gasteiger partial charge on any atom is 0.130 e. The first-order chi connectivity index (χ1) is 9.52. The Morgan fingerprint density at radius 3 is 2.65 bits per heavy atom. The average molecular weight is 296 g/mol. The van der Waals surface area contributed by atoms with Gasteiger partial charge in [0.25, 0.3) is 0 Å². The summed E-state index contributed by atoms with van der Waals surface area (Å²) in [5.74, 6) is 0. The molecule has 1 unspecified atom stereocenters. The summed E-state index contributed by atoms with van der Waals surface area (Å²) in [6.07, 6.45) is 5.88. The van der Waals surface area contributed by atoms with Gasteiger partial charge in [-0.3, -0.25) is 9.36 Å². The first-order valence-electron chi connectivity index (χ1n) is 6.92. The van der Waals surface area contributed by atoms with Crippen LogP contribution in [0.25, 0.3) is 0 Å². The topological polar surface area (TPSA) is 47.7 Å². The number of nitrogens with zero attached hydrogens (tertiary/aromatic N) is 4. The highest BCUT2D eigenvalue weighted by molar-refractivity contribution is 6.30. The van der Waals surface area contributed by atoms with E-state index in [4.69, 9.17) is 11.6 Å². The van der Waals surface area contributed by atoms with Crippen LogP contribution in [0.3, 0.4) is 0 Å². The van der Waals surface area contributed by atoms with Gasteiger partial charge >= 0.3 is 0 Å². The SMILES string of the molecule is CCCNC(Cc1c(C)nn(C)c1Cl)c1cnn(C)c1. The van der Waals surface area contributed by atoms with Gasteiger partial charge in [0.2, 0.25) is 0 Å². The van der Waals surface area contributed by atoms with E-state index in [-0.39, 0.29) is 6.04 Å². The minimum Gasteiger partial charge on any atom is -0.310 e. The van der Waals surface area contributed by atoms with Gasteiger partial charge in [-0.25, -0.2) is 0 Å². The zero-order valence-corrected chi connectivity index (χ0v) is 13.3. The third-order valence-electron chi connectivity index (χ3n) is 3.45. The maximum absolute atomic E-state index is 6.34. The molecular weight excluding hydrogens is 274 g/mol. The zero-order valence-electron chi connectivity index (χ0n) is 12.5. The summed E-state index contributed by atoms with van der Waals surface area (Å²) in [5.41, 5.74) is 3.27. The minimum absolute atomic E-state index is 0.212. The second-order valence-electron chi connectivity index (χ2n) is 5.14. The molecule has 5 nitrogen and oxygen atoms in total. The van der Waals surface area contributed by atoms with Crippen molar-refractivity contribution in [1.82, 2.24) is 24.9 Å².